The van der Waals surface area contributed by atoms with Crippen LogP contribution in [0.2, 0.25) is 0 Å². The summed E-state index contributed by atoms with van der Waals surface area (Å²) in [5, 5.41) is 0.193. The average molecular weight is 612 g/mol. The molecule has 4 heterocycles. The normalized spacial score (nSPS) is 16.3. The van der Waals surface area contributed by atoms with Crippen LogP contribution in [0, 0.1) is 6.92 Å². The first-order chi connectivity index (χ1) is 21.9. The fourth-order valence-corrected chi connectivity index (χ4v) is 6.38. The zero-order valence-electron chi connectivity index (χ0n) is 26.3. The maximum Gasteiger partial charge on any atom is 0.337 e. The molecule has 236 valence electrons. The summed E-state index contributed by atoms with van der Waals surface area (Å²) in [4.78, 5) is 55.4. The summed E-state index contributed by atoms with van der Waals surface area (Å²) in [5.41, 5.74) is 1.77. The number of amides is 1. The number of ether oxygens (including phenoxy) is 1. The fraction of sp³-hybridized carbons (Fsp3) is 0.412. The van der Waals surface area contributed by atoms with E-state index >= 15 is 0 Å². The van der Waals surface area contributed by atoms with E-state index in [-0.39, 0.29) is 16.9 Å². The average Bonchev–Trinajstić information content (AvgIpc) is 3.06. The minimum Gasteiger partial charge on any atom is -0.495 e. The first-order valence-corrected chi connectivity index (χ1v) is 15.7. The van der Waals surface area contributed by atoms with E-state index in [9.17, 15) is 14.4 Å². The molecule has 0 bridgehead atoms. The molecule has 0 radical (unpaired) electrons. The highest BCUT2D eigenvalue weighted by molar-refractivity contribution is 6.05. The number of hydrogen-bond acceptors (Lipinski definition) is 8. The molecular weight excluding hydrogens is 570 g/mol. The summed E-state index contributed by atoms with van der Waals surface area (Å²) in [5.74, 6) is 0.674. The fourth-order valence-electron chi connectivity index (χ4n) is 6.38. The standard InChI is InChI=1S/C34H41N7O4/c1-25-24-27(32(42)39-20-16-36(2)17-21-39)30-31(35-25)40(34(44)41(33(30)43)26-10-5-4-6-11-26)15-9-14-37-18-22-38(23-19-37)28-12-7-8-13-29(28)45-3/h4-8,10-13,24H,9,14-23H2,1-3H3. The number of pyridine rings is 1. The topological polar surface area (TPSA) is 96.1 Å². The van der Waals surface area contributed by atoms with Gasteiger partial charge in [-0.2, -0.15) is 0 Å². The van der Waals surface area contributed by atoms with Gasteiger partial charge in [-0.25, -0.2) is 14.3 Å². The van der Waals surface area contributed by atoms with Crippen LogP contribution < -0.4 is 20.9 Å². The van der Waals surface area contributed by atoms with Crippen molar-refractivity contribution in [3.05, 3.63) is 92.8 Å². The lowest BCUT2D eigenvalue weighted by atomic mass is 10.1. The van der Waals surface area contributed by atoms with Gasteiger partial charge in [0.15, 0.2) is 5.65 Å². The minimum atomic E-state index is -0.519. The Morgan fingerprint density at radius 1 is 0.867 bits per heavy atom. The number of piperazine rings is 2. The highest BCUT2D eigenvalue weighted by atomic mass is 16.5. The van der Waals surface area contributed by atoms with E-state index in [1.54, 1.807) is 53.8 Å². The van der Waals surface area contributed by atoms with Gasteiger partial charge in [0.2, 0.25) is 0 Å². The Morgan fingerprint density at radius 2 is 1.56 bits per heavy atom. The van der Waals surface area contributed by atoms with Gasteiger partial charge in [0.05, 0.1) is 29.4 Å². The number of aromatic nitrogens is 3. The molecule has 45 heavy (non-hydrogen) atoms. The summed E-state index contributed by atoms with van der Waals surface area (Å²) in [6, 6.07) is 18.7. The summed E-state index contributed by atoms with van der Waals surface area (Å²) in [7, 11) is 3.73. The van der Waals surface area contributed by atoms with Crippen molar-refractivity contribution in [2.75, 3.05) is 78.0 Å². The third kappa shape index (κ3) is 6.23. The Labute approximate surface area is 262 Å². The second kappa shape index (κ2) is 13.3. The molecule has 6 rings (SSSR count). The molecule has 2 aliphatic rings. The van der Waals surface area contributed by atoms with Crippen molar-refractivity contribution in [1.29, 1.82) is 0 Å². The minimum absolute atomic E-state index is 0.193. The monoisotopic (exact) mass is 611 g/mol. The molecule has 2 aromatic heterocycles. The van der Waals surface area contributed by atoms with Crippen molar-refractivity contribution in [3.63, 3.8) is 0 Å². The van der Waals surface area contributed by atoms with Gasteiger partial charge in [0, 0.05) is 64.6 Å². The summed E-state index contributed by atoms with van der Waals surface area (Å²) < 4.78 is 8.33. The van der Waals surface area contributed by atoms with Crippen molar-refractivity contribution in [3.8, 4) is 11.4 Å². The van der Waals surface area contributed by atoms with Crippen LogP contribution in [-0.4, -0.2) is 108 Å². The summed E-state index contributed by atoms with van der Waals surface area (Å²) in [6.07, 6.45) is 0.689. The first kappa shape index (κ1) is 30.5. The quantitative estimate of drug-likeness (QED) is 0.300. The van der Waals surface area contributed by atoms with Crippen LogP contribution in [0.15, 0.2) is 70.3 Å². The maximum absolute atomic E-state index is 14.1. The Hall–Kier alpha value is -4.48. The predicted molar refractivity (Wildman–Crippen MR) is 176 cm³/mol. The van der Waals surface area contributed by atoms with Gasteiger partial charge >= 0.3 is 5.69 Å². The molecule has 2 saturated heterocycles. The van der Waals surface area contributed by atoms with Gasteiger partial charge in [-0.3, -0.25) is 19.1 Å². The number of hydrogen-bond donors (Lipinski definition) is 0. The molecule has 11 nitrogen and oxygen atoms in total. The highest BCUT2D eigenvalue weighted by Crippen LogP contribution is 2.28. The number of carbonyl (C=O) groups is 1. The van der Waals surface area contributed by atoms with Gasteiger partial charge in [-0.1, -0.05) is 30.3 Å². The number of carbonyl (C=O) groups excluding carboxylic acids is 1. The van der Waals surface area contributed by atoms with Crippen LogP contribution in [0.4, 0.5) is 5.69 Å². The number of likely N-dealkylation sites (N-methyl/N-ethyl adjacent to an activating group) is 1. The Balaban J connectivity index is 1.29. The van der Waals surface area contributed by atoms with Gasteiger partial charge < -0.3 is 19.4 Å². The highest BCUT2D eigenvalue weighted by Gasteiger charge is 2.27. The van der Waals surface area contributed by atoms with Crippen LogP contribution >= 0.6 is 0 Å². The van der Waals surface area contributed by atoms with E-state index in [0.29, 0.717) is 43.0 Å². The number of benzene rings is 2. The Morgan fingerprint density at radius 3 is 2.27 bits per heavy atom. The lowest BCUT2D eigenvalue weighted by Crippen LogP contribution is -2.48. The summed E-state index contributed by atoms with van der Waals surface area (Å²) in [6.45, 7) is 9.17. The van der Waals surface area contributed by atoms with Crippen molar-refractivity contribution in [1.82, 2.24) is 28.8 Å². The molecule has 0 atom stereocenters. The van der Waals surface area contributed by atoms with E-state index in [1.807, 2.05) is 31.3 Å². The van der Waals surface area contributed by atoms with Gasteiger partial charge in [-0.15, -0.1) is 0 Å². The van der Waals surface area contributed by atoms with Gasteiger partial charge in [0.25, 0.3) is 11.5 Å². The number of rotatable bonds is 8. The molecule has 4 aromatic rings. The zero-order chi connectivity index (χ0) is 31.5. The smallest absolute Gasteiger partial charge is 0.337 e. The van der Waals surface area contributed by atoms with E-state index in [0.717, 1.165) is 57.3 Å². The zero-order valence-corrected chi connectivity index (χ0v) is 26.3. The van der Waals surface area contributed by atoms with E-state index in [2.05, 4.69) is 20.8 Å². The van der Waals surface area contributed by atoms with Crippen LogP contribution in [0.1, 0.15) is 22.5 Å². The number of fused-ring (bicyclic) bond motifs is 1. The van der Waals surface area contributed by atoms with Crippen LogP contribution in [0.25, 0.3) is 16.7 Å². The molecule has 1 amide bonds. The second-order valence-corrected chi connectivity index (χ2v) is 11.9. The molecular formula is C34H41N7O4. The predicted octanol–water partition coefficient (Wildman–Crippen LogP) is 2.46. The lowest BCUT2D eigenvalue weighted by Gasteiger charge is -2.36. The second-order valence-electron chi connectivity index (χ2n) is 11.9. The number of nitrogens with zero attached hydrogens (tertiary/aromatic N) is 7. The SMILES string of the molecule is COc1ccccc1N1CCN(CCCn2c(=O)n(-c3ccccc3)c(=O)c3c(C(=O)N4CCN(C)CC4)cc(C)nc32)CC1. The lowest BCUT2D eigenvalue weighted by molar-refractivity contribution is 0.0665. The van der Waals surface area contributed by atoms with Crippen LogP contribution in [0.3, 0.4) is 0 Å². The maximum atomic E-state index is 14.1. The molecule has 0 unspecified atom stereocenters. The van der Waals surface area contributed by atoms with Crippen molar-refractivity contribution < 1.29 is 9.53 Å². The molecule has 2 aliphatic heterocycles. The number of methoxy groups -OCH3 is 1. The largest absolute Gasteiger partial charge is 0.495 e. The van der Waals surface area contributed by atoms with Crippen molar-refractivity contribution in [2.45, 2.75) is 19.9 Å². The number of para-hydroxylation sites is 3. The third-order valence-corrected chi connectivity index (χ3v) is 8.91. The van der Waals surface area contributed by atoms with E-state index in [1.165, 1.54) is 4.57 Å². The molecule has 11 heteroatoms. The van der Waals surface area contributed by atoms with E-state index < -0.39 is 11.2 Å². The molecule has 2 aromatic carbocycles. The molecule has 2 fully saturated rings. The molecule has 0 spiro atoms. The van der Waals surface area contributed by atoms with E-state index in [4.69, 9.17) is 9.72 Å². The molecule has 0 N–H and O–H groups in total. The number of aryl methyl sites for hydroxylation is 2. The Kier molecular flexibility index (Phi) is 8.99. The van der Waals surface area contributed by atoms with Crippen molar-refractivity contribution >= 4 is 22.6 Å². The number of anilines is 1. The van der Waals surface area contributed by atoms with Crippen LogP contribution in [-0.2, 0) is 6.54 Å². The van der Waals surface area contributed by atoms with Crippen LogP contribution in [0.5, 0.6) is 5.75 Å². The molecule has 0 aliphatic carbocycles. The molecule has 0 saturated carbocycles. The van der Waals surface area contributed by atoms with Crippen molar-refractivity contribution in [2.24, 2.45) is 0 Å². The third-order valence-electron chi connectivity index (χ3n) is 8.91. The van der Waals surface area contributed by atoms with Gasteiger partial charge in [-0.05, 0) is 57.3 Å². The summed E-state index contributed by atoms with van der Waals surface area (Å²) >= 11 is 0. The van der Waals surface area contributed by atoms with Gasteiger partial charge in [0.1, 0.15) is 5.75 Å². The first-order valence-electron chi connectivity index (χ1n) is 15.7. The Bertz CT molecular complexity index is 1790.